The van der Waals surface area contributed by atoms with Crippen molar-refractivity contribution in [1.82, 2.24) is 0 Å². The van der Waals surface area contributed by atoms with Crippen LogP contribution in [0.2, 0.25) is 0 Å². The van der Waals surface area contributed by atoms with Gasteiger partial charge in [-0.2, -0.15) is 0 Å². The zero-order valence-electron chi connectivity index (χ0n) is 9.83. The highest BCUT2D eigenvalue weighted by Crippen LogP contribution is 2.35. The van der Waals surface area contributed by atoms with Crippen molar-refractivity contribution in [3.05, 3.63) is 27.7 Å². The van der Waals surface area contributed by atoms with Crippen LogP contribution < -0.4 is 10.5 Å². The molecule has 0 amide bonds. The van der Waals surface area contributed by atoms with Gasteiger partial charge in [-0.25, -0.2) is 0 Å². The lowest BCUT2D eigenvalue weighted by molar-refractivity contribution is 0.267. The molecule has 0 aliphatic rings. The smallest absolute Gasteiger partial charge is 0.133 e. The maximum absolute atomic E-state index is 9.12. The van der Waals surface area contributed by atoms with Gasteiger partial charge >= 0.3 is 0 Å². The summed E-state index contributed by atoms with van der Waals surface area (Å²) in [7, 11) is 1.62. The molecule has 90 valence electrons. The summed E-state index contributed by atoms with van der Waals surface area (Å²) in [6, 6.07) is 3.61. The molecule has 0 fully saturated rings. The van der Waals surface area contributed by atoms with Crippen LogP contribution in [-0.2, 0) is 0 Å². The van der Waals surface area contributed by atoms with Crippen LogP contribution >= 0.6 is 15.9 Å². The first kappa shape index (κ1) is 13.5. The molecule has 0 bridgehead atoms. The standard InChI is InChI=1S/C12H18BrNO2/c1-7(2)8-4-9(10(14)6-15)12(13)11(5-8)16-3/h4-5,7,10,15H,6,14H2,1-3H3. The molecule has 0 saturated carbocycles. The molecule has 0 aliphatic heterocycles. The highest BCUT2D eigenvalue weighted by atomic mass is 79.9. The van der Waals surface area contributed by atoms with E-state index in [-0.39, 0.29) is 12.6 Å². The van der Waals surface area contributed by atoms with Crippen molar-refractivity contribution in [3.63, 3.8) is 0 Å². The Bertz CT molecular complexity index is 366. The minimum Gasteiger partial charge on any atom is -0.496 e. The predicted molar refractivity (Wildman–Crippen MR) is 68.8 cm³/mol. The van der Waals surface area contributed by atoms with Gasteiger partial charge in [0.2, 0.25) is 0 Å². The summed E-state index contributed by atoms with van der Waals surface area (Å²) in [5.74, 6) is 1.15. The van der Waals surface area contributed by atoms with Crippen molar-refractivity contribution < 1.29 is 9.84 Å². The Morgan fingerprint density at radius 2 is 2.06 bits per heavy atom. The number of nitrogens with two attached hydrogens (primary N) is 1. The first-order chi connectivity index (χ1) is 7.51. The van der Waals surface area contributed by atoms with E-state index in [1.54, 1.807) is 7.11 Å². The van der Waals surface area contributed by atoms with Gasteiger partial charge < -0.3 is 15.6 Å². The normalized spacial score (nSPS) is 12.9. The fourth-order valence-corrected chi connectivity index (χ4v) is 2.18. The molecular formula is C12H18BrNO2. The van der Waals surface area contributed by atoms with Crippen LogP contribution in [0.15, 0.2) is 16.6 Å². The number of hydrogen-bond donors (Lipinski definition) is 2. The van der Waals surface area contributed by atoms with E-state index in [2.05, 4.69) is 29.8 Å². The molecule has 1 rings (SSSR count). The van der Waals surface area contributed by atoms with E-state index < -0.39 is 0 Å². The Hall–Kier alpha value is -0.580. The summed E-state index contributed by atoms with van der Waals surface area (Å²) in [6.07, 6.45) is 0. The molecule has 0 saturated heterocycles. The van der Waals surface area contributed by atoms with Crippen LogP contribution in [0.5, 0.6) is 5.75 Å². The van der Waals surface area contributed by atoms with Gasteiger partial charge in [0, 0.05) is 0 Å². The fraction of sp³-hybridized carbons (Fsp3) is 0.500. The van der Waals surface area contributed by atoms with Crippen molar-refractivity contribution in [2.24, 2.45) is 5.73 Å². The SMILES string of the molecule is COc1cc(C(C)C)cc(C(N)CO)c1Br. The second-order valence-corrected chi connectivity index (χ2v) is 4.86. The molecule has 3 nitrogen and oxygen atoms in total. The van der Waals surface area contributed by atoms with E-state index in [0.29, 0.717) is 5.92 Å². The summed E-state index contributed by atoms with van der Waals surface area (Å²) >= 11 is 3.45. The van der Waals surface area contributed by atoms with Gasteiger partial charge in [-0.3, -0.25) is 0 Å². The molecule has 3 N–H and O–H groups in total. The van der Waals surface area contributed by atoms with Gasteiger partial charge in [0.1, 0.15) is 5.75 Å². The third kappa shape index (κ3) is 2.75. The molecule has 16 heavy (non-hydrogen) atoms. The van der Waals surface area contributed by atoms with Crippen LogP contribution in [0.25, 0.3) is 0 Å². The van der Waals surface area contributed by atoms with Crippen LogP contribution in [0.1, 0.15) is 36.9 Å². The van der Waals surface area contributed by atoms with E-state index >= 15 is 0 Å². The summed E-state index contributed by atoms with van der Waals surface area (Å²) in [5, 5.41) is 9.12. The Kier molecular flexibility index (Phi) is 4.77. The monoisotopic (exact) mass is 287 g/mol. The topological polar surface area (TPSA) is 55.5 Å². The number of rotatable bonds is 4. The Morgan fingerprint density at radius 3 is 2.50 bits per heavy atom. The van der Waals surface area contributed by atoms with Crippen LogP contribution in [0.4, 0.5) is 0 Å². The molecular weight excluding hydrogens is 270 g/mol. The number of aliphatic hydroxyl groups excluding tert-OH is 1. The molecule has 1 atom stereocenters. The van der Waals surface area contributed by atoms with Crippen molar-refractivity contribution in [2.45, 2.75) is 25.8 Å². The van der Waals surface area contributed by atoms with Gasteiger partial charge in [0.25, 0.3) is 0 Å². The van der Waals surface area contributed by atoms with Crippen molar-refractivity contribution in [2.75, 3.05) is 13.7 Å². The Balaban J connectivity index is 3.29. The number of ether oxygens (including phenoxy) is 1. The first-order valence-corrected chi connectivity index (χ1v) is 6.04. The number of halogens is 1. The minimum absolute atomic E-state index is 0.0801. The average Bonchev–Trinajstić information content (AvgIpc) is 2.28. The molecule has 0 radical (unpaired) electrons. The fourth-order valence-electron chi connectivity index (χ4n) is 1.49. The Morgan fingerprint density at radius 1 is 1.44 bits per heavy atom. The van der Waals surface area contributed by atoms with Crippen molar-refractivity contribution in [3.8, 4) is 5.75 Å². The molecule has 1 aromatic carbocycles. The van der Waals surface area contributed by atoms with Crippen molar-refractivity contribution >= 4 is 15.9 Å². The molecule has 0 spiro atoms. The number of methoxy groups -OCH3 is 1. The largest absolute Gasteiger partial charge is 0.496 e. The highest BCUT2D eigenvalue weighted by Gasteiger charge is 2.15. The van der Waals surface area contributed by atoms with Gasteiger partial charge in [-0.1, -0.05) is 19.9 Å². The Labute approximate surface area is 105 Å². The number of hydrogen-bond acceptors (Lipinski definition) is 3. The molecule has 4 heteroatoms. The second kappa shape index (κ2) is 5.66. The zero-order chi connectivity index (χ0) is 12.3. The molecule has 1 aromatic rings. The average molecular weight is 288 g/mol. The number of benzene rings is 1. The zero-order valence-corrected chi connectivity index (χ0v) is 11.4. The third-order valence-corrected chi connectivity index (χ3v) is 3.42. The van der Waals surface area contributed by atoms with E-state index in [1.165, 1.54) is 0 Å². The van der Waals surface area contributed by atoms with Gasteiger partial charge in [-0.05, 0) is 39.0 Å². The van der Waals surface area contributed by atoms with Gasteiger partial charge in [0.15, 0.2) is 0 Å². The molecule has 0 heterocycles. The molecule has 0 aromatic heterocycles. The van der Waals surface area contributed by atoms with E-state index in [4.69, 9.17) is 15.6 Å². The highest BCUT2D eigenvalue weighted by molar-refractivity contribution is 9.10. The van der Waals surface area contributed by atoms with Crippen LogP contribution in [0, 0.1) is 0 Å². The van der Waals surface area contributed by atoms with Gasteiger partial charge in [-0.15, -0.1) is 0 Å². The first-order valence-electron chi connectivity index (χ1n) is 5.25. The lowest BCUT2D eigenvalue weighted by atomic mass is 9.97. The molecule has 0 aliphatic carbocycles. The lowest BCUT2D eigenvalue weighted by Gasteiger charge is -2.17. The summed E-state index contributed by atoms with van der Waals surface area (Å²) < 4.78 is 6.11. The van der Waals surface area contributed by atoms with E-state index in [0.717, 1.165) is 21.3 Å². The predicted octanol–water partition coefficient (Wildman–Crippen LogP) is 2.57. The quantitative estimate of drug-likeness (QED) is 0.895. The maximum Gasteiger partial charge on any atom is 0.133 e. The number of aliphatic hydroxyl groups is 1. The lowest BCUT2D eigenvalue weighted by Crippen LogP contribution is -2.16. The van der Waals surface area contributed by atoms with E-state index in [9.17, 15) is 0 Å². The third-order valence-electron chi connectivity index (χ3n) is 2.57. The minimum atomic E-state index is -0.387. The maximum atomic E-state index is 9.12. The van der Waals surface area contributed by atoms with Crippen LogP contribution in [-0.4, -0.2) is 18.8 Å². The summed E-state index contributed by atoms with van der Waals surface area (Å²) in [5.41, 5.74) is 7.88. The summed E-state index contributed by atoms with van der Waals surface area (Å²) in [6.45, 7) is 4.14. The van der Waals surface area contributed by atoms with Crippen LogP contribution in [0.3, 0.4) is 0 Å². The van der Waals surface area contributed by atoms with Gasteiger partial charge in [0.05, 0.1) is 24.2 Å². The summed E-state index contributed by atoms with van der Waals surface area (Å²) in [4.78, 5) is 0. The van der Waals surface area contributed by atoms with E-state index in [1.807, 2.05) is 12.1 Å². The second-order valence-electron chi connectivity index (χ2n) is 4.07. The molecule has 1 unspecified atom stereocenters. The van der Waals surface area contributed by atoms with Crippen molar-refractivity contribution in [1.29, 1.82) is 0 Å².